The fourth-order valence-electron chi connectivity index (χ4n) is 3.97. The van der Waals surface area contributed by atoms with Crippen LogP contribution in [0.15, 0.2) is 66.7 Å². The molecule has 0 aromatic heterocycles. The monoisotopic (exact) mass is 565 g/mol. The fraction of sp³-hybridized carbons (Fsp3) is 0.172. The summed E-state index contributed by atoms with van der Waals surface area (Å²) in [4.78, 5) is 4.76. The van der Waals surface area contributed by atoms with Crippen LogP contribution in [0, 0.1) is 29.1 Å². The number of alkyl halides is 2. The maximum Gasteiger partial charge on any atom is 0.276 e. The van der Waals surface area contributed by atoms with E-state index in [1.165, 1.54) is 56.6 Å². The molecule has 0 spiro atoms. The number of benzene rings is 4. The van der Waals surface area contributed by atoms with Crippen molar-refractivity contribution in [1.29, 1.82) is 0 Å². The first-order chi connectivity index (χ1) is 19.1. The second-order valence-electron chi connectivity index (χ2n) is 8.51. The van der Waals surface area contributed by atoms with Crippen LogP contribution in [0.5, 0.6) is 17.2 Å². The third kappa shape index (κ3) is 5.84. The lowest BCUT2D eigenvalue weighted by Crippen LogP contribution is -2.17. The minimum absolute atomic E-state index is 0.00911. The second kappa shape index (κ2) is 11.9. The van der Waals surface area contributed by atoms with Gasteiger partial charge in [0.1, 0.15) is 0 Å². The third-order valence-electron chi connectivity index (χ3n) is 6.06. The normalized spacial score (nSPS) is 11.4. The summed E-state index contributed by atoms with van der Waals surface area (Å²) in [6.07, 6.45) is -0.828. The molecule has 1 N–H and O–H groups in total. The van der Waals surface area contributed by atoms with Gasteiger partial charge in [-0.25, -0.2) is 22.0 Å². The van der Waals surface area contributed by atoms with Gasteiger partial charge in [-0.15, -0.1) is 0 Å². The topological polar surface area (TPSA) is 39.7 Å². The number of methoxy groups -OCH3 is 1. The van der Waals surface area contributed by atoms with Gasteiger partial charge in [-0.2, -0.15) is 14.3 Å². The Morgan fingerprint density at radius 2 is 1.23 bits per heavy atom. The van der Waals surface area contributed by atoms with Gasteiger partial charge >= 0.3 is 0 Å². The van der Waals surface area contributed by atoms with E-state index >= 15 is 0 Å². The van der Waals surface area contributed by atoms with Crippen LogP contribution >= 0.6 is 0 Å². The van der Waals surface area contributed by atoms with E-state index in [2.05, 4.69) is 5.48 Å². The number of halogens is 7. The number of hydrogen-bond acceptors (Lipinski definition) is 4. The quantitative estimate of drug-likeness (QED) is 0.157. The van der Waals surface area contributed by atoms with Gasteiger partial charge in [0.25, 0.3) is 5.92 Å². The van der Waals surface area contributed by atoms with E-state index in [9.17, 15) is 30.7 Å². The van der Waals surface area contributed by atoms with Crippen molar-refractivity contribution >= 4 is 0 Å². The first kappa shape index (κ1) is 28.8. The van der Waals surface area contributed by atoms with E-state index in [1.54, 1.807) is 0 Å². The summed E-state index contributed by atoms with van der Waals surface area (Å²) < 4.78 is 111. The predicted octanol–water partition coefficient (Wildman–Crippen LogP) is 7.80. The maximum atomic E-state index is 14.8. The van der Waals surface area contributed by atoms with Crippen molar-refractivity contribution in [2.75, 3.05) is 20.8 Å². The summed E-state index contributed by atoms with van der Waals surface area (Å²) in [7, 11) is 2.55. The molecule has 4 aromatic carbocycles. The second-order valence-corrected chi connectivity index (χ2v) is 8.51. The molecule has 0 aliphatic rings. The fourth-order valence-corrected chi connectivity index (χ4v) is 3.97. The minimum Gasteiger partial charge on any atom is -0.494 e. The Bertz CT molecular complexity index is 1510. The average molecular weight is 565 g/mol. The van der Waals surface area contributed by atoms with Crippen LogP contribution < -0.4 is 19.8 Å². The smallest absolute Gasteiger partial charge is 0.276 e. The maximum absolute atomic E-state index is 14.8. The minimum atomic E-state index is -3.40. The van der Waals surface area contributed by atoms with Crippen molar-refractivity contribution in [3.63, 3.8) is 0 Å². The molecule has 0 saturated heterocycles. The molecule has 4 nitrogen and oxygen atoms in total. The van der Waals surface area contributed by atoms with E-state index in [0.29, 0.717) is 0 Å². The van der Waals surface area contributed by atoms with Gasteiger partial charge < -0.3 is 14.3 Å². The Balaban J connectivity index is 1.42. The zero-order valence-corrected chi connectivity index (χ0v) is 21.1. The Kier molecular flexibility index (Phi) is 8.53. The molecule has 4 rings (SSSR count). The molecule has 0 aliphatic carbocycles. The average Bonchev–Trinajstić information content (AvgIpc) is 2.94. The Morgan fingerprint density at radius 3 is 1.82 bits per heavy atom. The highest BCUT2D eigenvalue weighted by atomic mass is 19.3. The van der Waals surface area contributed by atoms with Crippen molar-refractivity contribution in [1.82, 2.24) is 5.48 Å². The summed E-state index contributed by atoms with van der Waals surface area (Å²) in [5.74, 6) is -10.3. The zero-order chi connectivity index (χ0) is 29.0. The zero-order valence-electron chi connectivity index (χ0n) is 21.1. The number of hydrogen-bond donors (Lipinski definition) is 1. The van der Waals surface area contributed by atoms with Crippen LogP contribution in [0.25, 0.3) is 22.3 Å². The van der Waals surface area contributed by atoms with Crippen LogP contribution in [-0.2, 0) is 5.92 Å². The van der Waals surface area contributed by atoms with Gasteiger partial charge in [0.15, 0.2) is 34.7 Å². The number of nitrogens with one attached hydrogen (secondary N) is 1. The van der Waals surface area contributed by atoms with Crippen molar-refractivity contribution in [3.8, 4) is 39.5 Å². The molecular formula is C29H22F7NO3. The van der Waals surface area contributed by atoms with Crippen LogP contribution in [0.3, 0.4) is 0 Å². The van der Waals surface area contributed by atoms with Gasteiger partial charge in [0, 0.05) is 30.2 Å². The molecule has 40 heavy (non-hydrogen) atoms. The number of ether oxygens (including phenoxy) is 2. The van der Waals surface area contributed by atoms with Gasteiger partial charge in [0.2, 0.25) is 11.6 Å². The van der Waals surface area contributed by atoms with Crippen LogP contribution in [0.4, 0.5) is 30.7 Å². The van der Waals surface area contributed by atoms with Crippen molar-refractivity contribution < 1.29 is 45.0 Å². The van der Waals surface area contributed by atoms with E-state index in [0.717, 1.165) is 24.3 Å². The molecule has 0 aliphatic heterocycles. The molecule has 0 atom stereocenters. The van der Waals surface area contributed by atoms with E-state index < -0.39 is 53.6 Å². The van der Waals surface area contributed by atoms with Gasteiger partial charge in [-0.3, -0.25) is 0 Å². The highest BCUT2D eigenvalue weighted by Crippen LogP contribution is 2.36. The molecule has 4 aromatic rings. The molecule has 210 valence electrons. The van der Waals surface area contributed by atoms with Crippen LogP contribution in [0.1, 0.15) is 12.0 Å². The van der Waals surface area contributed by atoms with Crippen molar-refractivity contribution in [2.45, 2.75) is 12.3 Å². The summed E-state index contributed by atoms with van der Waals surface area (Å²) in [5.41, 5.74) is 1.63. The first-order valence-corrected chi connectivity index (χ1v) is 11.8. The van der Waals surface area contributed by atoms with Crippen molar-refractivity contribution in [2.24, 2.45) is 0 Å². The number of hydroxylamine groups is 1. The molecular weight excluding hydrogens is 543 g/mol. The highest BCUT2D eigenvalue weighted by Gasteiger charge is 2.31. The third-order valence-corrected chi connectivity index (χ3v) is 6.06. The molecule has 0 fully saturated rings. The molecule has 0 saturated carbocycles. The SMILES string of the molecule is CNOc1ccc(-c2ccc(C(F)(F)CCOc3ccc(-c4ccc(OC)c(F)c4F)cc3F)cc2)c(F)c1F. The number of rotatable bonds is 10. The molecule has 0 bridgehead atoms. The molecule has 0 heterocycles. The highest BCUT2D eigenvalue weighted by molar-refractivity contribution is 5.67. The lowest BCUT2D eigenvalue weighted by molar-refractivity contribution is -0.0245. The molecule has 0 unspecified atom stereocenters. The summed E-state index contributed by atoms with van der Waals surface area (Å²) in [5, 5.41) is 0. The molecule has 11 heteroatoms. The predicted molar refractivity (Wildman–Crippen MR) is 134 cm³/mol. The van der Waals surface area contributed by atoms with Gasteiger partial charge in [-0.05, 0) is 47.5 Å². The summed E-state index contributed by atoms with van der Waals surface area (Å²) in [6.45, 7) is -0.580. The first-order valence-electron chi connectivity index (χ1n) is 11.8. The van der Waals surface area contributed by atoms with E-state index in [-0.39, 0.29) is 39.5 Å². The van der Waals surface area contributed by atoms with Gasteiger partial charge in [-0.1, -0.05) is 30.3 Å². The van der Waals surface area contributed by atoms with E-state index in [4.69, 9.17) is 14.3 Å². The molecule has 0 amide bonds. The lowest BCUT2D eigenvalue weighted by Gasteiger charge is -2.18. The Morgan fingerprint density at radius 1 is 0.675 bits per heavy atom. The van der Waals surface area contributed by atoms with Gasteiger partial charge in [0.05, 0.1) is 13.7 Å². The van der Waals surface area contributed by atoms with Crippen molar-refractivity contribution in [3.05, 3.63) is 101 Å². The summed E-state index contributed by atoms with van der Waals surface area (Å²) in [6, 6.07) is 12.7. The largest absolute Gasteiger partial charge is 0.494 e. The Hall–Kier alpha value is -4.25. The summed E-state index contributed by atoms with van der Waals surface area (Å²) >= 11 is 0. The Labute approximate surface area is 224 Å². The van der Waals surface area contributed by atoms with E-state index in [1.807, 2.05) is 0 Å². The lowest BCUT2D eigenvalue weighted by atomic mass is 9.99. The van der Waals surface area contributed by atoms with Crippen LogP contribution in [-0.4, -0.2) is 20.8 Å². The van der Waals surface area contributed by atoms with Crippen LogP contribution in [0.2, 0.25) is 0 Å². The molecule has 0 radical (unpaired) electrons. The standard InChI is InChI=1S/C29H22F7NO3/c1-37-40-24-12-9-19(25(31)28(24)34)16-3-6-18(7-4-16)29(35,36)13-14-39-22-10-5-17(15-21(22)30)20-8-11-23(38-2)27(33)26(20)32/h3-12,15,37H,13-14H2,1-2H3.